The second kappa shape index (κ2) is 5.67. The quantitative estimate of drug-likeness (QED) is 0.641. The highest BCUT2D eigenvalue weighted by Crippen LogP contribution is 2.44. The second-order valence-corrected chi connectivity index (χ2v) is 5.57. The molecule has 0 N–H and O–H groups in total. The van der Waals surface area contributed by atoms with Gasteiger partial charge < -0.3 is 0 Å². The maximum absolute atomic E-state index is 12.4. The molecule has 90 valence electrons. The van der Waals surface area contributed by atoms with Gasteiger partial charge in [0.05, 0.1) is 0 Å². The molecule has 0 aliphatic carbocycles. The number of carbonyl (C=O) groups excluding carboxylic acids is 1. The Balaban J connectivity index is 5.22. The van der Waals surface area contributed by atoms with Gasteiger partial charge in [-0.05, 0) is 24.2 Å². The van der Waals surface area contributed by atoms with E-state index in [1.54, 1.807) is 0 Å². The van der Waals surface area contributed by atoms with Crippen LogP contribution in [-0.4, -0.2) is 5.78 Å². The maximum Gasteiger partial charge on any atom is 0.139 e. The lowest BCUT2D eigenvalue weighted by atomic mass is 9.59. The lowest BCUT2D eigenvalue weighted by Gasteiger charge is -2.43. The Morgan fingerprint density at radius 3 is 1.47 bits per heavy atom. The Bertz CT molecular complexity index is 180. The van der Waals surface area contributed by atoms with Crippen LogP contribution in [0.4, 0.5) is 0 Å². The maximum atomic E-state index is 12.4. The van der Waals surface area contributed by atoms with Gasteiger partial charge in [0.15, 0.2) is 0 Å². The molecule has 0 amide bonds. The fourth-order valence-electron chi connectivity index (χ4n) is 3.41. The molecule has 0 saturated heterocycles. The van der Waals surface area contributed by atoms with Gasteiger partial charge in [0.1, 0.15) is 5.78 Å². The molecule has 0 aromatic heterocycles. The lowest BCUT2D eigenvalue weighted by Crippen LogP contribution is -2.45. The van der Waals surface area contributed by atoms with Crippen molar-refractivity contribution in [2.45, 2.75) is 61.3 Å². The lowest BCUT2D eigenvalue weighted by molar-refractivity contribution is -0.138. The van der Waals surface area contributed by atoms with Crippen molar-refractivity contribution >= 4 is 5.78 Å². The van der Waals surface area contributed by atoms with Crippen molar-refractivity contribution in [1.82, 2.24) is 0 Å². The van der Waals surface area contributed by atoms with E-state index in [9.17, 15) is 4.79 Å². The summed E-state index contributed by atoms with van der Waals surface area (Å²) in [4.78, 5) is 12.4. The van der Waals surface area contributed by atoms with Gasteiger partial charge in [0, 0.05) is 11.8 Å². The Hall–Kier alpha value is -0.330. The van der Waals surface area contributed by atoms with Crippen LogP contribution in [0.25, 0.3) is 0 Å². The minimum absolute atomic E-state index is 0.129. The van der Waals surface area contributed by atoms with Crippen LogP contribution in [0.5, 0.6) is 0 Å². The Morgan fingerprint density at radius 1 is 0.933 bits per heavy atom. The van der Waals surface area contributed by atoms with E-state index in [0.717, 1.165) is 12.8 Å². The molecule has 0 unspecified atom stereocenters. The first-order chi connectivity index (χ1) is 6.81. The summed E-state index contributed by atoms with van der Waals surface area (Å²) in [7, 11) is 0. The van der Waals surface area contributed by atoms with Crippen molar-refractivity contribution in [2.75, 3.05) is 0 Å². The molecule has 0 heterocycles. The van der Waals surface area contributed by atoms with Crippen LogP contribution in [0.3, 0.4) is 0 Å². The van der Waals surface area contributed by atoms with E-state index in [1.807, 2.05) is 0 Å². The average Bonchev–Trinajstić information content (AvgIpc) is 2.02. The first-order valence-corrected chi connectivity index (χ1v) is 6.34. The van der Waals surface area contributed by atoms with Crippen molar-refractivity contribution in [1.29, 1.82) is 0 Å². The summed E-state index contributed by atoms with van der Waals surface area (Å²) in [6, 6.07) is 0. The number of rotatable bonds is 6. The van der Waals surface area contributed by atoms with Gasteiger partial charge in [-0.3, -0.25) is 4.79 Å². The highest BCUT2D eigenvalue weighted by molar-refractivity contribution is 5.85. The second-order valence-electron chi connectivity index (χ2n) is 5.57. The molecular weight excluding hydrogens is 184 g/mol. The summed E-state index contributed by atoms with van der Waals surface area (Å²) in [5.41, 5.74) is -0.129. The Kier molecular flexibility index (Phi) is 5.55. The molecule has 1 heteroatoms. The van der Waals surface area contributed by atoms with Crippen LogP contribution in [0, 0.1) is 23.2 Å². The number of carbonyl (C=O) groups is 1. The Morgan fingerprint density at radius 2 is 1.27 bits per heavy atom. The molecule has 0 aromatic carbocycles. The van der Waals surface area contributed by atoms with Gasteiger partial charge in [0.2, 0.25) is 0 Å². The van der Waals surface area contributed by atoms with E-state index < -0.39 is 0 Å². The fraction of sp³-hybridized carbons (Fsp3) is 0.929. The van der Waals surface area contributed by atoms with Crippen LogP contribution < -0.4 is 0 Å². The van der Waals surface area contributed by atoms with E-state index in [2.05, 4.69) is 48.5 Å². The van der Waals surface area contributed by atoms with Crippen LogP contribution in [-0.2, 0) is 4.79 Å². The number of hydrogen-bond acceptors (Lipinski definition) is 1. The minimum atomic E-state index is -0.129. The Labute approximate surface area is 95.6 Å². The van der Waals surface area contributed by atoms with Gasteiger partial charge in [-0.25, -0.2) is 0 Å². The molecule has 15 heavy (non-hydrogen) atoms. The van der Waals surface area contributed by atoms with Gasteiger partial charge in [0.25, 0.3) is 0 Å². The third kappa shape index (κ3) is 2.62. The predicted octanol–water partition coefficient (Wildman–Crippen LogP) is 4.31. The van der Waals surface area contributed by atoms with Crippen LogP contribution in [0.1, 0.15) is 61.3 Å². The highest BCUT2D eigenvalue weighted by Gasteiger charge is 2.45. The molecule has 0 aliphatic heterocycles. The molecule has 0 radical (unpaired) electrons. The van der Waals surface area contributed by atoms with E-state index in [0.29, 0.717) is 23.5 Å². The van der Waals surface area contributed by atoms with Crippen molar-refractivity contribution in [3.63, 3.8) is 0 Å². The van der Waals surface area contributed by atoms with E-state index in [4.69, 9.17) is 0 Å². The zero-order valence-corrected chi connectivity index (χ0v) is 11.6. The zero-order valence-electron chi connectivity index (χ0n) is 11.6. The summed E-state index contributed by atoms with van der Waals surface area (Å²) >= 11 is 0. The summed E-state index contributed by atoms with van der Waals surface area (Å²) in [6.45, 7) is 15.2. The normalized spacial score (nSPS) is 12.9. The molecule has 0 atom stereocenters. The topological polar surface area (TPSA) is 17.1 Å². The molecule has 0 aromatic rings. The van der Waals surface area contributed by atoms with Crippen molar-refractivity contribution < 1.29 is 4.79 Å². The molecule has 0 spiro atoms. The van der Waals surface area contributed by atoms with Crippen LogP contribution >= 0.6 is 0 Å². The predicted molar refractivity (Wildman–Crippen MR) is 66.9 cm³/mol. The van der Waals surface area contributed by atoms with Gasteiger partial charge >= 0.3 is 0 Å². The average molecular weight is 212 g/mol. The largest absolute Gasteiger partial charge is 0.299 e. The first-order valence-electron chi connectivity index (χ1n) is 6.34. The molecule has 0 bridgehead atoms. The van der Waals surface area contributed by atoms with E-state index in [-0.39, 0.29) is 5.41 Å². The van der Waals surface area contributed by atoms with Gasteiger partial charge in [-0.1, -0.05) is 48.5 Å². The molecule has 0 rings (SSSR count). The standard InChI is InChI=1S/C14H28O/c1-8-9-13(15)14(10(2)3,11(4)5)12(6)7/h10-12H,8-9H2,1-7H3. The van der Waals surface area contributed by atoms with E-state index >= 15 is 0 Å². The summed E-state index contributed by atoms with van der Waals surface area (Å²) in [5, 5.41) is 0. The minimum Gasteiger partial charge on any atom is -0.299 e. The van der Waals surface area contributed by atoms with Crippen LogP contribution in [0.2, 0.25) is 0 Å². The monoisotopic (exact) mass is 212 g/mol. The fourth-order valence-corrected chi connectivity index (χ4v) is 3.41. The van der Waals surface area contributed by atoms with Crippen LogP contribution in [0.15, 0.2) is 0 Å². The zero-order chi connectivity index (χ0) is 12.2. The van der Waals surface area contributed by atoms with Gasteiger partial charge in [-0.15, -0.1) is 0 Å². The van der Waals surface area contributed by atoms with E-state index in [1.165, 1.54) is 0 Å². The first kappa shape index (κ1) is 14.7. The smallest absolute Gasteiger partial charge is 0.139 e. The summed E-state index contributed by atoms with van der Waals surface area (Å²) in [5.74, 6) is 1.75. The molecule has 0 saturated carbocycles. The third-order valence-electron chi connectivity index (χ3n) is 3.83. The molecule has 1 nitrogen and oxygen atoms in total. The SMILES string of the molecule is CCCC(=O)C(C(C)C)(C(C)C)C(C)C. The summed E-state index contributed by atoms with van der Waals surface area (Å²) in [6.07, 6.45) is 1.70. The number of ketones is 1. The highest BCUT2D eigenvalue weighted by atomic mass is 16.1. The number of Topliss-reactive ketones (excluding diaryl/α,β-unsaturated/α-hetero) is 1. The van der Waals surface area contributed by atoms with Crippen molar-refractivity contribution in [3.8, 4) is 0 Å². The molecule has 0 fully saturated rings. The molecule has 0 aliphatic rings. The van der Waals surface area contributed by atoms with Gasteiger partial charge in [-0.2, -0.15) is 0 Å². The summed E-state index contributed by atoms with van der Waals surface area (Å²) < 4.78 is 0. The molecular formula is C14H28O. The van der Waals surface area contributed by atoms with Crippen molar-refractivity contribution in [3.05, 3.63) is 0 Å². The number of hydrogen-bond donors (Lipinski definition) is 0. The van der Waals surface area contributed by atoms with Crippen molar-refractivity contribution in [2.24, 2.45) is 23.2 Å². The third-order valence-corrected chi connectivity index (χ3v) is 3.83.